The second-order valence-electron chi connectivity index (χ2n) is 4.71. The minimum absolute atomic E-state index is 0.234. The van der Waals surface area contributed by atoms with Crippen LogP contribution >= 0.6 is 0 Å². The minimum atomic E-state index is -0.234. The third-order valence-electron chi connectivity index (χ3n) is 2.89. The molecule has 1 aromatic rings. The standard InChI is InChI=1S/C16H19N5O/c1-4-18-16(22)20-12(2)10-21-11-19-15(8-13(21)3)14-6-5-7-17-9-14/h5-11H,3-4H2,1-2H3,(H2,18,20,22)/b12-10+. The van der Waals surface area contributed by atoms with Crippen molar-refractivity contribution in [1.82, 2.24) is 20.5 Å². The van der Waals surface area contributed by atoms with Gasteiger partial charge in [0.15, 0.2) is 0 Å². The van der Waals surface area contributed by atoms with Gasteiger partial charge in [0, 0.05) is 42.1 Å². The summed E-state index contributed by atoms with van der Waals surface area (Å²) in [6.45, 7) is 8.25. The maximum Gasteiger partial charge on any atom is 0.319 e. The molecule has 6 nitrogen and oxygen atoms in total. The van der Waals surface area contributed by atoms with Crippen LogP contribution in [0.3, 0.4) is 0 Å². The summed E-state index contributed by atoms with van der Waals surface area (Å²) in [7, 11) is 0. The van der Waals surface area contributed by atoms with Crippen LogP contribution in [0.2, 0.25) is 0 Å². The lowest BCUT2D eigenvalue weighted by Crippen LogP contribution is -2.34. The summed E-state index contributed by atoms with van der Waals surface area (Å²) in [5, 5.41) is 5.40. The van der Waals surface area contributed by atoms with Crippen LogP contribution in [0.1, 0.15) is 19.4 Å². The topological polar surface area (TPSA) is 69.6 Å². The molecular weight excluding hydrogens is 278 g/mol. The van der Waals surface area contributed by atoms with Crippen LogP contribution < -0.4 is 10.6 Å². The first-order valence-electron chi connectivity index (χ1n) is 6.97. The van der Waals surface area contributed by atoms with Crippen molar-refractivity contribution in [2.24, 2.45) is 4.99 Å². The Hall–Kier alpha value is -2.89. The zero-order chi connectivity index (χ0) is 15.9. The average molecular weight is 297 g/mol. The Morgan fingerprint density at radius 1 is 1.50 bits per heavy atom. The average Bonchev–Trinajstić information content (AvgIpc) is 2.50. The SMILES string of the molecule is C=C1C=C(c2cccnc2)N=CN1/C=C(\C)NC(=O)NCC. The van der Waals surface area contributed by atoms with Gasteiger partial charge in [0.1, 0.15) is 0 Å². The Bertz CT molecular complexity index is 646. The minimum Gasteiger partial charge on any atom is -0.338 e. The Labute approximate surface area is 130 Å². The second kappa shape index (κ2) is 7.21. The molecule has 0 aliphatic carbocycles. The van der Waals surface area contributed by atoms with Gasteiger partial charge in [-0.15, -0.1) is 0 Å². The predicted molar refractivity (Wildman–Crippen MR) is 87.7 cm³/mol. The molecule has 0 saturated carbocycles. The zero-order valence-electron chi connectivity index (χ0n) is 12.7. The normalized spacial score (nSPS) is 14.6. The zero-order valence-corrected chi connectivity index (χ0v) is 12.7. The number of urea groups is 1. The van der Waals surface area contributed by atoms with E-state index in [0.717, 1.165) is 17.0 Å². The lowest BCUT2D eigenvalue weighted by atomic mass is 10.2. The second-order valence-corrected chi connectivity index (χ2v) is 4.71. The van der Waals surface area contributed by atoms with Gasteiger partial charge in [0.25, 0.3) is 0 Å². The summed E-state index contributed by atoms with van der Waals surface area (Å²) in [5.41, 5.74) is 3.18. The number of allylic oxidation sites excluding steroid dienone is 2. The lowest BCUT2D eigenvalue weighted by Gasteiger charge is -2.21. The molecule has 0 saturated heterocycles. The van der Waals surface area contributed by atoms with Crippen LogP contribution in [0.5, 0.6) is 0 Å². The number of hydrogen-bond acceptors (Lipinski definition) is 4. The Kier molecular flexibility index (Phi) is 5.08. The van der Waals surface area contributed by atoms with E-state index in [9.17, 15) is 4.79 Å². The van der Waals surface area contributed by atoms with Crippen molar-refractivity contribution in [2.45, 2.75) is 13.8 Å². The van der Waals surface area contributed by atoms with Gasteiger partial charge in [-0.05, 0) is 32.1 Å². The fourth-order valence-electron chi connectivity index (χ4n) is 1.88. The van der Waals surface area contributed by atoms with E-state index in [0.29, 0.717) is 12.2 Å². The monoisotopic (exact) mass is 297 g/mol. The summed E-state index contributed by atoms with van der Waals surface area (Å²) in [5.74, 6) is 0. The predicted octanol–water partition coefficient (Wildman–Crippen LogP) is 2.46. The summed E-state index contributed by atoms with van der Waals surface area (Å²) >= 11 is 0. The molecule has 1 aromatic heterocycles. The van der Waals surface area contributed by atoms with Crippen LogP contribution in [0.25, 0.3) is 5.70 Å². The number of carbonyl (C=O) groups excluding carboxylic acids is 1. The maximum absolute atomic E-state index is 11.5. The van der Waals surface area contributed by atoms with Gasteiger partial charge in [-0.2, -0.15) is 0 Å². The van der Waals surface area contributed by atoms with E-state index >= 15 is 0 Å². The summed E-state index contributed by atoms with van der Waals surface area (Å²) in [6, 6.07) is 3.57. The van der Waals surface area contributed by atoms with E-state index in [-0.39, 0.29) is 6.03 Å². The smallest absolute Gasteiger partial charge is 0.319 e. The van der Waals surface area contributed by atoms with Gasteiger partial charge in [-0.25, -0.2) is 9.79 Å². The van der Waals surface area contributed by atoms with E-state index in [1.807, 2.05) is 25.1 Å². The molecule has 0 unspecified atom stereocenters. The number of rotatable bonds is 4. The van der Waals surface area contributed by atoms with Crippen LogP contribution in [0.4, 0.5) is 4.79 Å². The summed E-state index contributed by atoms with van der Waals surface area (Å²) in [6.07, 6.45) is 8.76. The molecule has 0 fully saturated rings. The fourth-order valence-corrected chi connectivity index (χ4v) is 1.88. The van der Waals surface area contributed by atoms with Crippen LogP contribution in [0.15, 0.2) is 59.8 Å². The number of nitrogens with one attached hydrogen (secondary N) is 2. The van der Waals surface area contributed by atoms with Crippen molar-refractivity contribution in [3.05, 3.63) is 60.3 Å². The summed E-state index contributed by atoms with van der Waals surface area (Å²) < 4.78 is 0. The number of pyridine rings is 1. The fraction of sp³-hybridized carbons (Fsp3) is 0.188. The van der Waals surface area contributed by atoms with Crippen molar-refractivity contribution in [1.29, 1.82) is 0 Å². The van der Waals surface area contributed by atoms with Gasteiger partial charge in [0.2, 0.25) is 0 Å². The largest absolute Gasteiger partial charge is 0.338 e. The molecule has 0 radical (unpaired) electrons. The quantitative estimate of drug-likeness (QED) is 0.897. The van der Waals surface area contributed by atoms with E-state index in [1.54, 1.807) is 36.8 Å². The number of hydrogen-bond donors (Lipinski definition) is 2. The van der Waals surface area contributed by atoms with E-state index in [2.05, 4.69) is 27.2 Å². The third kappa shape index (κ3) is 4.05. The van der Waals surface area contributed by atoms with Gasteiger partial charge < -0.3 is 15.5 Å². The molecule has 2 heterocycles. The number of carbonyl (C=O) groups is 1. The molecule has 0 aromatic carbocycles. The molecule has 1 aliphatic heterocycles. The van der Waals surface area contributed by atoms with Gasteiger partial charge in [-0.3, -0.25) is 4.98 Å². The van der Waals surface area contributed by atoms with E-state index in [1.165, 1.54) is 0 Å². The van der Waals surface area contributed by atoms with Crippen molar-refractivity contribution >= 4 is 18.1 Å². The molecule has 1 aliphatic rings. The first-order valence-corrected chi connectivity index (χ1v) is 6.97. The Balaban J connectivity index is 2.05. The Morgan fingerprint density at radius 2 is 2.32 bits per heavy atom. The van der Waals surface area contributed by atoms with Gasteiger partial charge >= 0.3 is 6.03 Å². The highest BCUT2D eigenvalue weighted by Crippen LogP contribution is 2.21. The molecule has 2 rings (SSSR count). The number of amides is 2. The maximum atomic E-state index is 11.5. The number of aliphatic imine (C=N–C) groups is 1. The van der Waals surface area contributed by atoms with Crippen molar-refractivity contribution < 1.29 is 4.79 Å². The highest BCUT2D eigenvalue weighted by molar-refractivity contribution is 5.80. The van der Waals surface area contributed by atoms with E-state index < -0.39 is 0 Å². The van der Waals surface area contributed by atoms with Crippen LogP contribution in [-0.4, -0.2) is 28.8 Å². The number of aromatic nitrogens is 1. The van der Waals surface area contributed by atoms with Gasteiger partial charge in [-0.1, -0.05) is 6.58 Å². The first kappa shape index (κ1) is 15.5. The molecule has 6 heteroatoms. The van der Waals surface area contributed by atoms with Crippen LogP contribution in [-0.2, 0) is 0 Å². The van der Waals surface area contributed by atoms with Gasteiger partial charge in [0.05, 0.1) is 12.0 Å². The van der Waals surface area contributed by atoms with Crippen molar-refractivity contribution in [3.63, 3.8) is 0 Å². The van der Waals surface area contributed by atoms with Crippen molar-refractivity contribution in [3.8, 4) is 0 Å². The molecule has 2 N–H and O–H groups in total. The third-order valence-corrected chi connectivity index (χ3v) is 2.89. The molecule has 0 atom stereocenters. The molecule has 114 valence electrons. The highest BCUT2D eigenvalue weighted by atomic mass is 16.2. The van der Waals surface area contributed by atoms with Crippen LogP contribution in [0, 0.1) is 0 Å². The molecular formula is C16H19N5O. The molecule has 0 spiro atoms. The molecule has 2 amide bonds. The van der Waals surface area contributed by atoms with Crippen molar-refractivity contribution in [2.75, 3.05) is 6.54 Å². The highest BCUT2D eigenvalue weighted by Gasteiger charge is 2.10. The number of nitrogens with zero attached hydrogens (tertiary/aromatic N) is 3. The summed E-state index contributed by atoms with van der Waals surface area (Å²) in [4.78, 5) is 21.7. The Morgan fingerprint density at radius 3 is 2.95 bits per heavy atom. The molecule has 22 heavy (non-hydrogen) atoms. The molecule has 0 bridgehead atoms. The first-order chi connectivity index (χ1) is 10.6. The lowest BCUT2D eigenvalue weighted by molar-refractivity contribution is 0.244. The van der Waals surface area contributed by atoms with E-state index in [4.69, 9.17) is 0 Å².